The molecule has 1 heterocycles. The third-order valence-electron chi connectivity index (χ3n) is 2.65. The summed E-state index contributed by atoms with van der Waals surface area (Å²) >= 11 is 1.42. The molecule has 1 unspecified atom stereocenters. The van der Waals surface area contributed by atoms with Gasteiger partial charge in [-0.1, -0.05) is 12.1 Å². The van der Waals surface area contributed by atoms with E-state index in [-0.39, 0.29) is 28.7 Å². The van der Waals surface area contributed by atoms with Crippen LogP contribution in [0.4, 0.5) is 13.2 Å². The Hall–Kier alpha value is -1.05. The second-order valence-electron chi connectivity index (χ2n) is 4.74. The molecule has 0 aliphatic rings. The molecule has 0 fully saturated rings. The number of hydrogen-bond donors (Lipinski definition) is 1. The Bertz CT molecular complexity index is 551. The lowest BCUT2D eigenvalue weighted by atomic mass is 10.1. The molecule has 0 saturated heterocycles. The first-order valence-corrected chi connectivity index (χ1v) is 8.06. The molecule has 1 N–H and O–H groups in total. The summed E-state index contributed by atoms with van der Waals surface area (Å²) in [6.45, 7) is 4.04. The normalized spacial score (nSPS) is 13.6. The number of nitrogens with one attached hydrogen (secondary N) is 1. The minimum atomic E-state index is -4.26. The molecule has 0 saturated carbocycles. The van der Waals surface area contributed by atoms with Crippen LogP contribution in [0.25, 0.3) is 0 Å². The van der Waals surface area contributed by atoms with Gasteiger partial charge in [0, 0.05) is 22.5 Å². The first-order chi connectivity index (χ1) is 9.85. The van der Waals surface area contributed by atoms with Gasteiger partial charge in [0.1, 0.15) is 5.01 Å². The third-order valence-corrected chi connectivity index (χ3v) is 4.23. The fourth-order valence-corrected chi connectivity index (χ4v) is 3.14. The highest BCUT2D eigenvalue weighted by Gasteiger charge is 2.29. The van der Waals surface area contributed by atoms with E-state index in [1.807, 2.05) is 19.2 Å². The van der Waals surface area contributed by atoms with E-state index in [0.717, 1.165) is 10.6 Å². The molecule has 2 aromatic rings. The van der Waals surface area contributed by atoms with Crippen LogP contribution in [0.15, 0.2) is 40.7 Å². The number of hydrogen-bond acceptors (Lipinski definition) is 4. The Morgan fingerprint density at radius 3 is 2.33 bits per heavy atom. The summed E-state index contributed by atoms with van der Waals surface area (Å²) in [5.74, 6) is 0. The minimum absolute atomic E-state index is 0.101. The van der Waals surface area contributed by atoms with Crippen molar-refractivity contribution in [3.8, 4) is 0 Å². The van der Waals surface area contributed by atoms with Gasteiger partial charge >= 0.3 is 5.51 Å². The van der Waals surface area contributed by atoms with Crippen molar-refractivity contribution in [3.05, 3.63) is 46.4 Å². The zero-order valence-electron chi connectivity index (χ0n) is 11.5. The van der Waals surface area contributed by atoms with Gasteiger partial charge in [0.15, 0.2) is 0 Å². The summed E-state index contributed by atoms with van der Waals surface area (Å²) in [7, 11) is 0. The second-order valence-corrected chi connectivity index (χ2v) is 6.81. The standard InChI is InChI=1S/C14H15F3N2S2/c1-9(2)19-12(13-18-7-8-20-13)10-3-5-11(6-4-10)21-14(15,16)17/h3-9,12,19H,1-2H3. The molecule has 21 heavy (non-hydrogen) atoms. The molecule has 0 radical (unpaired) electrons. The molecular formula is C14H15F3N2S2. The fourth-order valence-electron chi connectivity index (χ4n) is 1.88. The number of thioether (sulfide) groups is 1. The van der Waals surface area contributed by atoms with Crippen molar-refractivity contribution in [2.24, 2.45) is 0 Å². The lowest BCUT2D eigenvalue weighted by Crippen LogP contribution is -2.28. The Morgan fingerprint density at radius 2 is 1.86 bits per heavy atom. The maximum Gasteiger partial charge on any atom is 0.446 e. The number of halogens is 3. The molecule has 1 atom stereocenters. The molecule has 1 aromatic heterocycles. The van der Waals surface area contributed by atoms with E-state index in [2.05, 4.69) is 10.3 Å². The fraction of sp³-hybridized carbons (Fsp3) is 0.357. The predicted octanol–water partition coefficient (Wildman–Crippen LogP) is 4.84. The zero-order chi connectivity index (χ0) is 15.5. The first kappa shape index (κ1) is 16.3. The van der Waals surface area contributed by atoms with Crippen molar-refractivity contribution in [1.29, 1.82) is 0 Å². The van der Waals surface area contributed by atoms with Crippen molar-refractivity contribution in [2.45, 2.75) is 36.3 Å². The average molecular weight is 332 g/mol. The third kappa shape index (κ3) is 5.01. The van der Waals surface area contributed by atoms with Crippen molar-refractivity contribution < 1.29 is 13.2 Å². The number of nitrogens with zero attached hydrogens (tertiary/aromatic N) is 1. The molecule has 114 valence electrons. The van der Waals surface area contributed by atoms with Gasteiger partial charge in [-0.15, -0.1) is 11.3 Å². The van der Waals surface area contributed by atoms with E-state index in [1.54, 1.807) is 18.3 Å². The molecule has 2 rings (SSSR count). The maximum absolute atomic E-state index is 12.3. The number of aromatic nitrogens is 1. The van der Waals surface area contributed by atoms with E-state index in [9.17, 15) is 13.2 Å². The van der Waals surface area contributed by atoms with Crippen LogP contribution in [0.3, 0.4) is 0 Å². The van der Waals surface area contributed by atoms with Crippen molar-refractivity contribution in [1.82, 2.24) is 10.3 Å². The largest absolute Gasteiger partial charge is 0.446 e. The van der Waals surface area contributed by atoms with E-state index in [4.69, 9.17) is 0 Å². The van der Waals surface area contributed by atoms with Gasteiger partial charge in [0.25, 0.3) is 0 Å². The molecular weight excluding hydrogens is 317 g/mol. The van der Waals surface area contributed by atoms with Crippen LogP contribution in [0.2, 0.25) is 0 Å². The number of benzene rings is 1. The predicted molar refractivity (Wildman–Crippen MR) is 80.6 cm³/mol. The molecule has 0 aliphatic heterocycles. The van der Waals surface area contributed by atoms with Gasteiger partial charge in [-0.05, 0) is 43.3 Å². The molecule has 0 spiro atoms. The van der Waals surface area contributed by atoms with Crippen LogP contribution in [0.1, 0.15) is 30.5 Å². The average Bonchev–Trinajstić information content (AvgIpc) is 2.88. The number of alkyl halides is 3. The summed E-state index contributed by atoms with van der Waals surface area (Å²) in [6.07, 6.45) is 1.73. The van der Waals surface area contributed by atoms with Gasteiger partial charge < -0.3 is 5.32 Å². The quantitative estimate of drug-likeness (QED) is 0.793. The summed E-state index contributed by atoms with van der Waals surface area (Å²) in [6, 6.07) is 6.56. The zero-order valence-corrected chi connectivity index (χ0v) is 13.1. The van der Waals surface area contributed by atoms with E-state index in [0.29, 0.717) is 0 Å². The highest BCUT2D eigenvalue weighted by atomic mass is 32.2. The van der Waals surface area contributed by atoms with Crippen molar-refractivity contribution in [3.63, 3.8) is 0 Å². The van der Waals surface area contributed by atoms with Gasteiger partial charge in [0.2, 0.25) is 0 Å². The van der Waals surface area contributed by atoms with Gasteiger partial charge in [-0.2, -0.15) is 13.2 Å². The van der Waals surface area contributed by atoms with Crippen LogP contribution in [-0.4, -0.2) is 16.5 Å². The van der Waals surface area contributed by atoms with Crippen LogP contribution < -0.4 is 5.32 Å². The Morgan fingerprint density at radius 1 is 1.19 bits per heavy atom. The summed E-state index contributed by atoms with van der Waals surface area (Å²) in [5, 5.41) is 6.17. The molecule has 0 amide bonds. The van der Waals surface area contributed by atoms with Crippen LogP contribution >= 0.6 is 23.1 Å². The lowest BCUT2D eigenvalue weighted by molar-refractivity contribution is -0.0328. The summed E-state index contributed by atoms with van der Waals surface area (Å²) in [5.41, 5.74) is -3.35. The highest BCUT2D eigenvalue weighted by Crippen LogP contribution is 2.37. The monoisotopic (exact) mass is 332 g/mol. The number of thiazole rings is 1. The van der Waals surface area contributed by atoms with E-state index < -0.39 is 5.51 Å². The highest BCUT2D eigenvalue weighted by molar-refractivity contribution is 8.00. The topological polar surface area (TPSA) is 24.9 Å². The maximum atomic E-state index is 12.3. The Kier molecular flexibility index (Phi) is 5.29. The Labute approximate surface area is 129 Å². The Balaban J connectivity index is 2.21. The van der Waals surface area contributed by atoms with Gasteiger partial charge in [-0.3, -0.25) is 0 Å². The lowest BCUT2D eigenvalue weighted by Gasteiger charge is -2.20. The van der Waals surface area contributed by atoms with Gasteiger partial charge in [0.05, 0.1) is 6.04 Å². The molecule has 1 aromatic carbocycles. The molecule has 0 bridgehead atoms. The van der Waals surface area contributed by atoms with Crippen LogP contribution in [-0.2, 0) is 0 Å². The van der Waals surface area contributed by atoms with Crippen LogP contribution in [0.5, 0.6) is 0 Å². The minimum Gasteiger partial charge on any atom is -0.302 e. The summed E-state index contributed by atoms with van der Waals surface area (Å²) < 4.78 is 37.0. The molecule has 2 nitrogen and oxygen atoms in total. The SMILES string of the molecule is CC(C)NC(c1ccc(SC(F)(F)F)cc1)c1nccs1. The van der Waals surface area contributed by atoms with Crippen molar-refractivity contribution in [2.75, 3.05) is 0 Å². The molecule has 7 heteroatoms. The first-order valence-electron chi connectivity index (χ1n) is 6.36. The van der Waals surface area contributed by atoms with Crippen molar-refractivity contribution >= 4 is 23.1 Å². The van der Waals surface area contributed by atoms with Gasteiger partial charge in [-0.25, -0.2) is 4.98 Å². The van der Waals surface area contributed by atoms with E-state index >= 15 is 0 Å². The molecule has 0 aliphatic carbocycles. The smallest absolute Gasteiger partial charge is 0.302 e. The van der Waals surface area contributed by atoms with E-state index in [1.165, 1.54) is 23.5 Å². The second kappa shape index (κ2) is 6.81. The summed E-state index contributed by atoms with van der Waals surface area (Å²) in [4.78, 5) is 4.49. The van der Waals surface area contributed by atoms with Crippen LogP contribution in [0, 0.1) is 0 Å². The number of rotatable bonds is 5.